The van der Waals surface area contributed by atoms with E-state index < -0.39 is 5.97 Å². The van der Waals surface area contributed by atoms with E-state index in [0.29, 0.717) is 6.61 Å². The third-order valence-electron chi connectivity index (χ3n) is 3.05. The van der Waals surface area contributed by atoms with Crippen LogP contribution < -0.4 is 0 Å². The van der Waals surface area contributed by atoms with Crippen LogP contribution in [-0.2, 0) is 14.3 Å². The van der Waals surface area contributed by atoms with Gasteiger partial charge in [0.15, 0.2) is 0 Å². The van der Waals surface area contributed by atoms with E-state index in [1.54, 1.807) is 7.11 Å². The molecule has 1 saturated carbocycles. The molecule has 0 aliphatic heterocycles. The fraction of sp³-hybridized carbons (Fsp3) is 0.909. The van der Waals surface area contributed by atoms with Gasteiger partial charge in [-0.2, -0.15) is 0 Å². The van der Waals surface area contributed by atoms with Gasteiger partial charge in [-0.1, -0.05) is 19.3 Å². The summed E-state index contributed by atoms with van der Waals surface area (Å²) in [5.74, 6) is -0.724. The summed E-state index contributed by atoms with van der Waals surface area (Å²) in [5, 5.41) is 8.90. The maximum Gasteiger partial charge on any atom is 0.303 e. The van der Waals surface area contributed by atoms with Crippen molar-refractivity contribution >= 4 is 5.97 Å². The van der Waals surface area contributed by atoms with Gasteiger partial charge in [-0.3, -0.25) is 4.79 Å². The van der Waals surface area contributed by atoms with E-state index in [2.05, 4.69) is 0 Å². The minimum absolute atomic E-state index is 0.150. The minimum atomic E-state index is -0.724. The van der Waals surface area contributed by atoms with Crippen molar-refractivity contribution in [3.05, 3.63) is 0 Å². The van der Waals surface area contributed by atoms with Crippen LogP contribution in [0.25, 0.3) is 0 Å². The van der Waals surface area contributed by atoms with Crippen LogP contribution in [0.1, 0.15) is 38.5 Å². The monoisotopic (exact) mass is 216 g/mol. The number of methoxy groups -OCH3 is 1. The van der Waals surface area contributed by atoms with Crippen molar-refractivity contribution in [2.45, 2.75) is 38.5 Å². The van der Waals surface area contributed by atoms with Crippen LogP contribution in [0, 0.1) is 5.41 Å². The van der Waals surface area contributed by atoms with Crippen molar-refractivity contribution < 1.29 is 19.4 Å². The zero-order valence-corrected chi connectivity index (χ0v) is 9.33. The molecular formula is C11H20O4. The van der Waals surface area contributed by atoms with Crippen molar-refractivity contribution in [1.29, 1.82) is 0 Å². The average Bonchev–Trinajstić information content (AvgIpc) is 2.18. The molecule has 0 spiro atoms. The summed E-state index contributed by atoms with van der Waals surface area (Å²) in [5.41, 5.74) is -0.150. The van der Waals surface area contributed by atoms with Gasteiger partial charge >= 0.3 is 5.97 Å². The van der Waals surface area contributed by atoms with Crippen molar-refractivity contribution in [2.24, 2.45) is 5.41 Å². The van der Waals surface area contributed by atoms with E-state index in [-0.39, 0.29) is 18.6 Å². The Bertz CT molecular complexity index is 197. The molecule has 1 aliphatic rings. The molecule has 0 radical (unpaired) electrons. The fourth-order valence-electron chi connectivity index (χ4n) is 2.34. The van der Waals surface area contributed by atoms with Gasteiger partial charge in [0.25, 0.3) is 0 Å². The lowest BCUT2D eigenvalue weighted by molar-refractivity contribution is -0.143. The zero-order chi connectivity index (χ0) is 11.1. The van der Waals surface area contributed by atoms with Crippen LogP contribution in [0.3, 0.4) is 0 Å². The van der Waals surface area contributed by atoms with Gasteiger partial charge in [-0.15, -0.1) is 0 Å². The second kappa shape index (κ2) is 6.08. The third kappa shape index (κ3) is 4.18. The van der Waals surface area contributed by atoms with Gasteiger partial charge < -0.3 is 14.6 Å². The number of carbonyl (C=O) groups is 1. The number of ether oxygens (including phenoxy) is 2. The van der Waals surface area contributed by atoms with Crippen LogP contribution in [-0.4, -0.2) is 31.6 Å². The number of rotatable bonds is 6. The molecule has 0 saturated heterocycles. The van der Waals surface area contributed by atoms with Crippen LogP contribution >= 0.6 is 0 Å². The molecule has 0 bridgehead atoms. The second-order valence-electron chi connectivity index (χ2n) is 4.39. The van der Waals surface area contributed by atoms with Crippen LogP contribution in [0.15, 0.2) is 0 Å². The van der Waals surface area contributed by atoms with Crippen LogP contribution in [0.2, 0.25) is 0 Å². The fourth-order valence-corrected chi connectivity index (χ4v) is 2.34. The smallest absolute Gasteiger partial charge is 0.303 e. The molecule has 4 nitrogen and oxygen atoms in total. The number of carboxylic acid groups (broad SMARTS) is 1. The Kier molecular flexibility index (Phi) is 5.05. The van der Waals surface area contributed by atoms with Gasteiger partial charge in [-0.05, 0) is 12.8 Å². The molecule has 0 amide bonds. The van der Waals surface area contributed by atoms with Crippen molar-refractivity contribution in [1.82, 2.24) is 0 Å². The Morgan fingerprint density at radius 2 is 2.00 bits per heavy atom. The van der Waals surface area contributed by atoms with Gasteiger partial charge in [-0.25, -0.2) is 0 Å². The molecule has 0 aromatic carbocycles. The van der Waals surface area contributed by atoms with E-state index in [0.717, 1.165) is 25.7 Å². The lowest BCUT2D eigenvalue weighted by Crippen LogP contribution is -2.32. The number of aliphatic carboxylic acids is 1. The summed E-state index contributed by atoms with van der Waals surface area (Å²) >= 11 is 0. The summed E-state index contributed by atoms with van der Waals surface area (Å²) in [6, 6.07) is 0. The molecule has 0 unspecified atom stereocenters. The molecular weight excluding hydrogens is 196 g/mol. The topological polar surface area (TPSA) is 55.8 Å². The molecule has 1 rings (SSSR count). The SMILES string of the molecule is COCOCC1(CC(=O)O)CCCCC1. The molecule has 88 valence electrons. The van der Waals surface area contributed by atoms with E-state index in [4.69, 9.17) is 14.6 Å². The Morgan fingerprint density at radius 1 is 1.33 bits per heavy atom. The molecule has 1 aliphatic carbocycles. The van der Waals surface area contributed by atoms with Gasteiger partial charge in [0.05, 0.1) is 13.0 Å². The Hall–Kier alpha value is -0.610. The molecule has 0 atom stereocenters. The van der Waals surface area contributed by atoms with E-state index in [1.807, 2.05) is 0 Å². The largest absolute Gasteiger partial charge is 0.481 e. The summed E-state index contributed by atoms with van der Waals surface area (Å²) in [6.07, 6.45) is 5.58. The Morgan fingerprint density at radius 3 is 2.53 bits per heavy atom. The second-order valence-corrected chi connectivity index (χ2v) is 4.39. The lowest BCUT2D eigenvalue weighted by atomic mass is 9.72. The highest BCUT2D eigenvalue weighted by Gasteiger charge is 2.34. The summed E-state index contributed by atoms with van der Waals surface area (Å²) < 4.78 is 10.2. The summed E-state index contributed by atoms with van der Waals surface area (Å²) in [6.45, 7) is 0.758. The number of hydrogen-bond donors (Lipinski definition) is 1. The molecule has 15 heavy (non-hydrogen) atoms. The predicted molar refractivity (Wildman–Crippen MR) is 55.6 cm³/mol. The highest BCUT2D eigenvalue weighted by atomic mass is 16.7. The maximum atomic E-state index is 10.8. The first-order valence-corrected chi connectivity index (χ1v) is 5.47. The molecule has 4 heteroatoms. The molecule has 0 aromatic rings. The third-order valence-corrected chi connectivity index (χ3v) is 3.05. The molecule has 1 fully saturated rings. The van der Waals surface area contributed by atoms with Crippen LogP contribution in [0.5, 0.6) is 0 Å². The molecule has 1 N–H and O–H groups in total. The molecule has 0 aromatic heterocycles. The minimum Gasteiger partial charge on any atom is -0.481 e. The Balaban J connectivity index is 2.46. The summed E-state index contributed by atoms with van der Waals surface area (Å²) in [7, 11) is 1.57. The van der Waals surface area contributed by atoms with Gasteiger partial charge in [0.1, 0.15) is 6.79 Å². The van der Waals surface area contributed by atoms with E-state index in [9.17, 15) is 4.79 Å². The zero-order valence-electron chi connectivity index (χ0n) is 9.33. The standard InChI is InChI=1S/C11H20O4/c1-14-9-15-8-11(7-10(12)13)5-3-2-4-6-11/h2-9H2,1H3,(H,12,13). The van der Waals surface area contributed by atoms with E-state index >= 15 is 0 Å². The highest BCUT2D eigenvalue weighted by Crippen LogP contribution is 2.39. The summed E-state index contributed by atoms with van der Waals surface area (Å²) in [4.78, 5) is 10.8. The first kappa shape index (κ1) is 12.5. The Labute approximate surface area is 90.6 Å². The normalized spacial score (nSPS) is 20.1. The van der Waals surface area contributed by atoms with Crippen molar-refractivity contribution in [2.75, 3.05) is 20.5 Å². The van der Waals surface area contributed by atoms with Crippen molar-refractivity contribution in [3.8, 4) is 0 Å². The van der Waals surface area contributed by atoms with Gasteiger partial charge in [0, 0.05) is 12.5 Å². The van der Waals surface area contributed by atoms with E-state index in [1.165, 1.54) is 6.42 Å². The van der Waals surface area contributed by atoms with Crippen LogP contribution in [0.4, 0.5) is 0 Å². The maximum absolute atomic E-state index is 10.8. The quantitative estimate of drug-likeness (QED) is 0.545. The van der Waals surface area contributed by atoms with Gasteiger partial charge in [0.2, 0.25) is 0 Å². The number of hydrogen-bond acceptors (Lipinski definition) is 3. The highest BCUT2D eigenvalue weighted by molar-refractivity contribution is 5.67. The number of carboxylic acids is 1. The van der Waals surface area contributed by atoms with Crippen molar-refractivity contribution in [3.63, 3.8) is 0 Å². The average molecular weight is 216 g/mol. The first-order valence-electron chi connectivity index (χ1n) is 5.47. The lowest BCUT2D eigenvalue weighted by Gasteiger charge is -2.35. The predicted octanol–water partition coefficient (Wildman–Crippen LogP) is 2.03. The molecule has 0 heterocycles. The first-order chi connectivity index (χ1) is 7.18.